The van der Waals surface area contributed by atoms with E-state index in [-0.39, 0.29) is 11.2 Å². The highest BCUT2D eigenvalue weighted by Crippen LogP contribution is 2.38. The van der Waals surface area contributed by atoms with Crippen LogP contribution >= 0.6 is 0 Å². The van der Waals surface area contributed by atoms with Crippen LogP contribution < -0.4 is 9.64 Å². The van der Waals surface area contributed by atoms with Crippen LogP contribution in [-0.4, -0.2) is 52.4 Å². The monoisotopic (exact) mass is 491 g/mol. The summed E-state index contributed by atoms with van der Waals surface area (Å²) in [5, 5.41) is 0. The highest BCUT2D eigenvalue weighted by molar-refractivity contribution is 5.82. The van der Waals surface area contributed by atoms with E-state index in [2.05, 4.69) is 19.9 Å². The van der Waals surface area contributed by atoms with Crippen LogP contribution in [0.25, 0.3) is 22.2 Å². The Morgan fingerprint density at radius 3 is 2.64 bits per heavy atom. The molecule has 0 radical (unpaired) electrons. The van der Waals surface area contributed by atoms with Crippen molar-refractivity contribution in [1.29, 1.82) is 0 Å². The topological polar surface area (TPSA) is 65.3 Å². The number of benzene rings is 2. The Labute approximate surface area is 207 Å². The third-order valence-electron chi connectivity index (χ3n) is 7.19. The molecule has 1 spiro atoms. The van der Waals surface area contributed by atoms with Gasteiger partial charge in [-0.05, 0) is 43.5 Å². The van der Waals surface area contributed by atoms with Crippen molar-refractivity contribution >= 4 is 17.0 Å². The first-order chi connectivity index (χ1) is 17.5. The maximum absolute atomic E-state index is 12.9. The van der Waals surface area contributed by atoms with Gasteiger partial charge in [-0.1, -0.05) is 24.3 Å². The Balaban J connectivity index is 1.27. The van der Waals surface area contributed by atoms with E-state index in [0.29, 0.717) is 12.1 Å². The van der Waals surface area contributed by atoms with E-state index in [1.54, 1.807) is 18.2 Å². The molecule has 6 rings (SSSR count). The third kappa shape index (κ3) is 4.28. The molecule has 36 heavy (non-hydrogen) atoms. The van der Waals surface area contributed by atoms with Crippen LogP contribution in [0.1, 0.15) is 24.2 Å². The largest absolute Gasteiger partial charge is 0.434 e. The smallest absolute Gasteiger partial charge is 0.387 e. The molecule has 2 aliphatic heterocycles. The van der Waals surface area contributed by atoms with Crippen molar-refractivity contribution in [1.82, 2.24) is 19.5 Å². The summed E-state index contributed by atoms with van der Waals surface area (Å²) >= 11 is 0. The van der Waals surface area contributed by atoms with Gasteiger partial charge in [0.2, 0.25) is 5.95 Å². The number of rotatable bonds is 6. The summed E-state index contributed by atoms with van der Waals surface area (Å²) in [5.74, 6) is 1.71. The quantitative estimate of drug-likeness (QED) is 0.375. The standard InChI is InChI=1S/C27H27F2N5O2/c1-18-32-22-8-7-19(11-23(22)34(18)14-20-5-2-3-6-24(20)36-25(28)29)21-12-30-26(31-13-21)33-10-4-9-27(15-33)16-35-17-27/h2-3,5-8,11-13,25H,4,9-10,14-17H2,1H3. The zero-order valence-corrected chi connectivity index (χ0v) is 20.0. The zero-order chi connectivity index (χ0) is 24.7. The fourth-order valence-electron chi connectivity index (χ4n) is 5.28. The molecule has 4 aromatic rings. The van der Waals surface area contributed by atoms with Crippen molar-refractivity contribution in [3.8, 4) is 16.9 Å². The number of ether oxygens (including phenoxy) is 2. The van der Waals surface area contributed by atoms with Crippen LogP contribution in [0.3, 0.4) is 0 Å². The molecule has 4 heterocycles. The number of hydrogen-bond donors (Lipinski definition) is 0. The van der Waals surface area contributed by atoms with Crippen molar-refractivity contribution in [3.63, 3.8) is 0 Å². The fraction of sp³-hybridized carbons (Fsp3) is 0.370. The first-order valence-electron chi connectivity index (χ1n) is 12.1. The number of nitrogens with zero attached hydrogens (tertiary/aromatic N) is 5. The number of hydrogen-bond acceptors (Lipinski definition) is 6. The number of aromatic nitrogens is 4. The lowest BCUT2D eigenvalue weighted by Gasteiger charge is -2.48. The van der Waals surface area contributed by atoms with Gasteiger partial charge in [0.1, 0.15) is 11.6 Å². The number of para-hydroxylation sites is 1. The van der Waals surface area contributed by atoms with Gasteiger partial charge in [-0.2, -0.15) is 8.78 Å². The first-order valence-corrected chi connectivity index (χ1v) is 12.1. The molecule has 0 N–H and O–H groups in total. The SMILES string of the molecule is Cc1nc2ccc(-c3cnc(N4CCCC5(COC5)C4)nc3)cc2n1Cc1ccccc1OC(F)F. The van der Waals surface area contributed by atoms with E-state index in [0.717, 1.165) is 66.7 Å². The number of imidazole rings is 1. The molecule has 9 heteroatoms. The molecule has 2 fully saturated rings. The normalized spacial score (nSPS) is 17.1. The van der Waals surface area contributed by atoms with Crippen LogP contribution in [0.5, 0.6) is 5.75 Å². The van der Waals surface area contributed by atoms with Crippen molar-refractivity contribution in [2.45, 2.75) is 32.9 Å². The molecule has 2 aromatic heterocycles. The first kappa shape index (κ1) is 22.8. The minimum atomic E-state index is -2.88. The van der Waals surface area contributed by atoms with Gasteiger partial charge in [-0.25, -0.2) is 15.0 Å². The molecule has 2 saturated heterocycles. The Bertz CT molecular complexity index is 1380. The Morgan fingerprint density at radius 1 is 1.08 bits per heavy atom. The molecule has 7 nitrogen and oxygen atoms in total. The van der Waals surface area contributed by atoms with Crippen LogP contribution in [0.4, 0.5) is 14.7 Å². The van der Waals surface area contributed by atoms with Gasteiger partial charge < -0.3 is 18.9 Å². The van der Waals surface area contributed by atoms with Crippen molar-refractivity contribution in [3.05, 3.63) is 66.2 Å². The Morgan fingerprint density at radius 2 is 1.89 bits per heavy atom. The molecule has 2 aliphatic rings. The van der Waals surface area contributed by atoms with E-state index < -0.39 is 6.61 Å². The number of piperidine rings is 1. The zero-order valence-electron chi connectivity index (χ0n) is 20.0. The summed E-state index contributed by atoms with van der Waals surface area (Å²) in [6, 6.07) is 12.9. The maximum Gasteiger partial charge on any atom is 0.387 e. The summed E-state index contributed by atoms with van der Waals surface area (Å²) in [6.07, 6.45) is 6.05. The van der Waals surface area contributed by atoms with E-state index in [1.807, 2.05) is 48.1 Å². The second-order valence-corrected chi connectivity index (χ2v) is 9.72. The molecule has 0 atom stereocenters. The van der Waals surface area contributed by atoms with Crippen molar-refractivity contribution < 1.29 is 18.3 Å². The molecule has 186 valence electrons. The maximum atomic E-state index is 12.9. The Hall–Kier alpha value is -3.59. The van der Waals surface area contributed by atoms with Gasteiger partial charge in [-0.3, -0.25) is 0 Å². The molecule has 0 aliphatic carbocycles. The van der Waals surface area contributed by atoms with Gasteiger partial charge in [0, 0.05) is 42.0 Å². The molecular weight excluding hydrogens is 464 g/mol. The summed E-state index contributed by atoms with van der Waals surface area (Å²) < 4.78 is 38.0. The summed E-state index contributed by atoms with van der Waals surface area (Å²) in [6.45, 7) is 2.95. The van der Waals surface area contributed by atoms with Gasteiger partial charge in [0.15, 0.2) is 0 Å². The number of halogens is 2. The summed E-state index contributed by atoms with van der Waals surface area (Å²) in [7, 11) is 0. The van der Waals surface area contributed by atoms with Crippen LogP contribution in [0, 0.1) is 12.3 Å². The molecule has 0 saturated carbocycles. The summed E-state index contributed by atoms with van der Waals surface area (Å²) in [5.41, 5.74) is 4.54. The number of alkyl halides is 2. The molecule has 0 bridgehead atoms. The molecule has 0 amide bonds. The highest BCUT2D eigenvalue weighted by atomic mass is 19.3. The van der Waals surface area contributed by atoms with Gasteiger partial charge in [0.05, 0.1) is 30.8 Å². The van der Waals surface area contributed by atoms with E-state index in [1.165, 1.54) is 6.42 Å². The van der Waals surface area contributed by atoms with E-state index >= 15 is 0 Å². The van der Waals surface area contributed by atoms with Crippen molar-refractivity contribution in [2.75, 3.05) is 31.2 Å². The molecule has 2 aromatic carbocycles. The summed E-state index contributed by atoms with van der Waals surface area (Å²) in [4.78, 5) is 16.3. The second kappa shape index (κ2) is 9.13. The van der Waals surface area contributed by atoms with Gasteiger partial charge in [-0.15, -0.1) is 0 Å². The minimum Gasteiger partial charge on any atom is -0.434 e. The van der Waals surface area contributed by atoms with Crippen LogP contribution in [0.2, 0.25) is 0 Å². The number of fused-ring (bicyclic) bond motifs is 1. The van der Waals surface area contributed by atoms with Gasteiger partial charge >= 0.3 is 6.61 Å². The lowest BCUT2D eigenvalue weighted by Crippen LogP contribution is -2.54. The van der Waals surface area contributed by atoms with Crippen LogP contribution in [-0.2, 0) is 11.3 Å². The lowest BCUT2D eigenvalue weighted by atomic mass is 9.78. The number of aryl methyl sites for hydroxylation is 1. The highest BCUT2D eigenvalue weighted by Gasteiger charge is 2.42. The van der Waals surface area contributed by atoms with Gasteiger partial charge in [0.25, 0.3) is 0 Å². The third-order valence-corrected chi connectivity index (χ3v) is 7.19. The average molecular weight is 492 g/mol. The second-order valence-electron chi connectivity index (χ2n) is 9.72. The lowest BCUT2D eigenvalue weighted by molar-refractivity contribution is -0.118. The average Bonchev–Trinajstić information content (AvgIpc) is 3.18. The van der Waals surface area contributed by atoms with E-state index in [9.17, 15) is 8.78 Å². The predicted molar refractivity (Wildman–Crippen MR) is 132 cm³/mol. The molecule has 0 unspecified atom stereocenters. The fourth-order valence-corrected chi connectivity index (χ4v) is 5.28. The predicted octanol–water partition coefficient (Wildman–Crippen LogP) is 5.07. The van der Waals surface area contributed by atoms with Crippen LogP contribution in [0.15, 0.2) is 54.9 Å². The minimum absolute atomic E-state index is 0.168. The van der Waals surface area contributed by atoms with Crippen molar-refractivity contribution in [2.24, 2.45) is 5.41 Å². The van der Waals surface area contributed by atoms with E-state index in [4.69, 9.17) is 9.47 Å². The molecular formula is C27H27F2N5O2. The number of anilines is 1. The Kier molecular flexibility index (Phi) is 5.79.